The molecular formula is C17H17ClFN3O2S. The Hall–Kier alpha value is -1.96. The van der Waals surface area contributed by atoms with Crippen molar-refractivity contribution in [3.05, 3.63) is 63.1 Å². The Kier molecular flexibility index (Phi) is 6.01. The lowest BCUT2D eigenvalue weighted by Gasteiger charge is -2.16. The minimum atomic E-state index is -0.305. The van der Waals surface area contributed by atoms with Gasteiger partial charge in [-0.1, -0.05) is 23.7 Å². The highest BCUT2D eigenvalue weighted by atomic mass is 35.5. The minimum absolute atomic E-state index is 0.168. The average molecular weight is 382 g/mol. The molecule has 0 aliphatic heterocycles. The summed E-state index contributed by atoms with van der Waals surface area (Å²) in [6, 6.07) is 9.71. The molecule has 5 nitrogen and oxygen atoms in total. The third kappa shape index (κ3) is 5.26. The molecule has 0 aliphatic carbocycles. The summed E-state index contributed by atoms with van der Waals surface area (Å²) in [5.74, 6) is 1.23. The van der Waals surface area contributed by atoms with E-state index in [9.17, 15) is 4.39 Å². The zero-order chi connectivity index (χ0) is 17.6. The SMILES string of the molecule is CCN(Cc1nc(COc2ccc(F)cc2)no1)Cc1ccc(Cl)s1. The molecule has 0 unspecified atom stereocenters. The number of benzene rings is 1. The molecule has 8 heteroatoms. The van der Waals surface area contributed by atoms with Crippen LogP contribution in [0.25, 0.3) is 0 Å². The maximum Gasteiger partial charge on any atom is 0.240 e. The second kappa shape index (κ2) is 8.42. The molecule has 0 saturated carbocycles. The second-order valence-electron chi connectivity index (χ2n) is 5.36. The fraction of sp³-hybridized carbons (Fsp3) is 0.294. The summed E-state index contributed by atoms with van der Waals surface area (Å²) in [4.78, 5) is 7.70. The molecule has 0 saturated heterocycles. The van der Waals surface area contributed by atoms with Crippen LogP contribution in [-0.2, 0) is 19.7 Å². The first kappa shape index (κ1) is 17.8. The van der Waals surface area contributed by atoms with Gasteiger partial charge in [0.05, 0.1) is 10.9 Å². The Morgan fingerprint density at radius 2 is 2.00 bits per heavy atom. The number of hydrogen-bond donors (Lipinski definition) is 0. The van der Waals surface area contributed by atoms with Crippen LogP contribution < -0.4 is 4.74 Å². The van der Waals surface area contributed by atoms with Crippen molar-refractivity contribution in [3.8, 4) is 5.75 Å². The highest BCUT2D eigenvalue weighted by Gasteiger charge is 2.13. The molecular weight excluding hydrogens is 365 g/mol. The predicted octanol–water partition coefficient (Wildman–Crippen LogP) is 4.52. The molecule has 0 bridgehead atoms. The van der Waals surface area contributed by atoms with Gasteiger partial charge in [0.2, 0.25) is 11.7 Å². The maximum atomic E-state index is 12.9. The number of halogens is 2. The fourth-order valence-electron chi connectivity index (χ4n) is 2.22. The van der Waals surface area contributed by atoms with Crippen molar-refractivity contribution in [1.82, 2.24) is 15.0 Å². The Balaban J connectivity index is 1.53. The summed E-state index contributed by atoms with van der Waals surface area (Å²) in [5.41, 5.74) is 0. The van der Waals surface area contributed by atoms with E-state index in [4.69, 9.17) is 20.9 Å². The van der Waals surface area contributed by atoms with E-state index in [0.717, 1.165) is 17.4 Å². The van der Waals surface area contributed by atoms with Gasteiger partial charge in [0.1, 0.15) is 11.6 Å². The van der Waals surface area contributed by atoms with E-state index in [1.807, 2.05) is 12.1 Å². The van der Waals surface area contributed by atoms with Crippen LogP contribution in [0.5, 0.6) is 5.75 Å². The van der Waals surface area contributed by atoms with Crippen LogP contribution in [0.2, 0.25) is 4.34 Å². The Labute approximate surface area is 154 Å². The van der Waals surface area contributed by atoms with E-state index < -0.39 is 0 Å². The normalized spacial score (nSPS) is 11.2. The topological polar surface area (TPSA) is 51.4 Å². The summed E-state index contributed by atoms with van der Waals surface area (Å²) in [6.45, 7) is 4.42. The van der Waals surface area contributed by atoms with E-state index in [1.54, 1.807) is 23.5 Å². The molecule has 0 fully saturated rings. The first-order valence-electron chi connectivity index (χ1n) is 7.79. The molecule has 0 amide bonds. The lowest BCUT2D eigenvalue weighted by atomic mass is 10.3. The van der Waals surface area contributed by atoms with Gasteiger partial charge in [-0.05, 0) is 42.9 Å². The molecule has 0 aliphatic rings. The lowest BCUT2D eigenvalue weighted by Crippen LogP contribution is -2.22. The summed E-state index contributed by atoms with van der Waals surface area (Å²) in [7, 11) is 0. The average Bonchev–Trinajstić information content (AvgIpc) is 3.22. The summed E-state index contributed by atoms with van der Waals surface area (Å²) < 4.78 is 24.4. The van der Waals surface area contributed by atoms with Gasteiger partial charge in [-0.2, -0.15) is 4.98 Å². The van der Waals surface area contributed by atoms with Crippen LogP contribution in [0.3, 0.4) is 0 Å². The Morgan fingerprint density at radius 1 is 1.20 bits per heavy atom. The standard InChI is InChI=1S/C17H17ClFN3O2S/c1-2-22(9-14-7-8-15(18)25-14)10-17-20-16(21-24-17)11-23-13-5-3-12(19)4-6-13/h3-8H,2,9-11H2,1H3. The van der Waals surface area contributed by atoms with E-state index in [1.165, 1.54) is 17.0 Å². The van der Waals surface area contributed by atoms with Crippen LogP contribution in [0.15, 0.2) is 40.9 Å². The van der Waals surface area contributed by atoms with Crippen molar-refractivity contribution in [1.29, 1.82) is 0 Å². The van der Waals surface area contributed by atoms with Crippen LogP contribution in [0, 0.1) is 5.82 Å². The van der Waals surface area contributed by atoms with Gasteiger partial charge in [-0.3, -0.25) is 4.90 Å². The molecule has 1 aromatic carbocycles. The van der Waals surface area contributed by atoms with Crippen molar-refractivity contribution in [3.63, 3.8) is 0 Å². The predicted molar refractivity (Wildman–Crippen MR) is 94.1 cm³/mol. The van der Waals surface area contributed by atoms with E-state index >= 15 is 0 Å². The lowest BCUT2D eigenvalue weighted by molar-refractivity contribution is 0.229. The second-order valence-corrected chi connectivity index (χ2v) is 7.16. The molecule has 2 heterocycles. The number of rotatable bonds is 8. The molecule has 2 aromatic heterocycles. The van der Waals surface area contributed by atoms with Crippen LogP contribution in [-0.4, -0.2) is 21.6 Å². The van der Waals surface area contributed by atoms with E-state index in [-0.39, 0.29) is 12.4 Å². The van der Waals surface area contributed by atoms with Gasteiger partial charge in [0.15, 0.2) is 6.61 Å². The van der Waals surface area contributed by atoms with Gasteiger partial charge in [0.25, 0.3) is 0 Å². The first-order chi connectivity index (χ1) is 12.1. The van der Waals surface area contributed by atoms with E-state index in [2.05, 4.69) is 22.0 Å². The molecule has 0 atom stereocenters. The number of thiophene rings is 1. The Bertz CT molecular complexity index is 806. The molecule has 0 radical (unpaired) electrons. The third-order valence-electron chi connectivity index (χ3n) is 3.51. The van der Waals surface area contributed by atoms with Gasteiger partial charge in [0, 0.05) is 11.4 Å². The summed E-state index contributed by atoms with van der Waals surface area (Å²) >= 11 is 7.53. The maximum absolute atomic E-state index is 12.9. The number of ether oxygens (including phenoxy) is 1. The third-order valence-corrected chi connectivity index (χ3v) is 4.72. The number of aromatic nitrogens is 2. The highest BCUT2D eigenvalue weighted by molar-refractivity contribution is 7.16. The molecule has 3 rings (SSSR count). The van der Waals surface area contributed by atoms with Gasteiger partial charge < -0.3 is 9.26 Å². The molecule has 0 spiro atoms. The largest absolute Gasteiger partial charge is 0.485 e. The van der Waals surface area contributed by atoms with Crippen molar-refractivity contribution in [2.75, 3.05) is 6.54 Å². The molecule has 0 N–H and O–H groups in total. The highest BCUT2D eigenvalue weighted by Crippen LogP contribution is 2.23. The minimum Gasteiger partial charge on any atom is -0.485 e. The quantitative estimate of drug-likeness (QED) is 0.574. The summed E-state index contributed by atoms with van der Waals surface area (Å²) in [6.07, 6.45) is 0. The van der Waals surface area contributed by atoms with Crippen LogP contribution in [0.1, 0.15) is 23.5 Å². The van der Waals surface area contributed by atoms with Crippen molar-refractivity contribution in [2.24, 2.45) is 0 Å². The monoisotopic (exact) mass is 381 g/mol. The van der Waals surface area contributed by atoms with Crippen molar-refractivity contribution in [2.45, 2.75) is 26.6 Å². The first-order valence-corrected chi connectivity index (χ1v) is 8.98. The zero-order valence-corrected chi connectivity index (χ0v) is 15.2. The van der Waals surface area contributed by atoms with Crippen LogP contribution in [0.4, 0.5) is 4.39 Å². The summed E-state index contributed by atoms with van der Waals surface area (Å²) in [5, 5.41) is 3.92. The van der Waals surface area contributed by atoms with Crippen LogP contribution >= 0.6 is 22.9 Å². The molecule has 25 heavy (non-hydrogen) atoms. The van der Waals surface area contributed by atoms with E-state index in [0.29, 0.717) is 24.0 Å². The zero-order valence-electron chi connectivity index (χ0n) is 13.6. The smallest absolute Gasteiger partial charge is 0.240 e. The number of nitrogens with zero attached hydrogens (tertiary/aromatic N) is 3. The molecule has 132 valence electrons. The van der Waals surface area contributed by atoms with Gasteiger partial charge >= 0.3 is 0 Å². The van der Waals surface area contributed by atoms with Gasteiger partial charge in [-0.15, -0.1) is 11.3 Å². The number of hydrogen-bond acceptors (Lipinski definition) is 6. The van der Waals surface area contributed by atoms with Gasteiger partial charge in [-0.25, -0.2) is 4.39 Å². The van der Waals surface area contributed by atoms with Crippen molar-refractivity contribution < 1.29 is 13.7 Å². The fourth-order valence-corrected chi connectivity index (χ4v) is 3.35. The molecule has 3 aromatic rings. The Morgan fingerprint density at radius 3 is 2.68 bits per heavy atom. The van der Waals surface area contributed by atoms with Crippen molar-refractivity contribution >= 4 is 22.9 Å².